The lowest BCUT2D eigenvalue weighted by Crippen LogP contribution is -2.49. The van der Waals surface area contributed by atoms with Crippen LogP contribution < -0.4 is 10.4 Å². The minimum atomic E-state index is -0.983. The van der Waals surface area contributed by atoms with Crippen LogP contribution >= 0.6 is 11.6 Å². The van der Waals surface area contributed by atoms with Gasteiger partial charge in [0.05, 0.1) is 0 Å². The Morgan fingerprint density at radius 3 is 2.66 bits per heavy atom. The largest absolute Gasteiger partial charge is 0.465 e. The number of nitrogens with one attached hydrogen (secondary N) is 1. The number of hydrogen-bond donors (Lipinski definition) is 2. The molecular weight excluding hydrogens is 394 g/mol. The molecule has 1 fully saturated rings. The molecule has 8 nitrogen and oxygen atoms in total. The summed E-state index contributed by atoms with van der Waals surface area (Å²) in [7, 11) is 1.61. The molecule has 3 rings (SSSR count). The van der Waals surface area contributed by atoms with Crippen LogP contribution in [0.25, 0.3) is 11.1 Å². The molecular formula is C20H26ClN5O3. The van der Waals surface area contributed by atoms with Crippen LogP contribution in [-0.2, 0) is 4.84 Å². The smallest absolute Gasteiger partial charge is 0.409 e. The first kappa shape index (κ1) is 21.3. The van der Waals surface area contributed by atoms with E-state index >= 15 is 0 Å². The molecule has 0 unspecified atom stereocenters. The Kier molecular flexibility index (Phi) is 7.65. The zero-order valence-corrected chi connectivity index (χ0v) is 17.2. The SMILES string of the molecule is CNOCN(CCN1CCN(c2ccc(-c3cccc(Cl)c3)cn2)CC1)C(=O)O. The van der Waals surface area contributed by atoms with Crippen molar-refractivity contribution in [2.24, 2.45) is 0 Å². The minimum Gasteiger partial charge on any atom is -0.465 e. The molecule has 9 heteroatoms. The molecule has 1 amide bonds. The van der Waals surface area contributed by atoms with E-state index in [1.165, 1.54) is 4.90 Å². The fourth-order valence-corrected chi connectivity index (χ4v) is 3.42. The van der Waals surface area contributed by atoms with Crippen molar-refractivity contribution in [1.29, 1.82) is 0 Å². The van der Waals surface area contributed by atoms with Gasteiger partial charge in [0, 0.05) is 63.1 Å². The summed E-state index contributed by atoms with van der Waals surface area (Å²) >= 11 is 6.07. The lowest BCUT2D eigenvalue weighted by Gasteiger charge is -2.36. The van der Waals surface area contributed by atoms with Crippen LogP contribution in [0.5, 0.6) is 0 Å². The molecule has 1 saturated heterocycles. The third-order valence-electron chi connectivity index (χ3n) is 4.92. The third-order valence-corrected chi connectivity index (χ3v) is 5.16. The van der Waals surface area contributed by atoms with Gasteiger partial charge in [-0.1, -0.05) is 23.7 Å². The van der Waals surface area contributed by atoms with Gasteiger partial charge in [-0.2, -0.15) is 0 Å². The number of amides is 1. The number of rotatable bonds is 8. The van der Waals surface area contributed by atoms with Crippen LogP contribution in [0.1, 0.15) is 0 Å². The Balaban J connectivity index is 1.49. The first-order chi connectivity index (χ1) is 14.1. The lowest BCUT2D eigenvalue weighted by molar-refractivity contribution is -0.0179. The molecule has 156 valence electrons. The van der Waals surface area contributed by atoms with Crippen molar-refractivity contribution in [2.45, 2.75) is 0 Å². The van der Waals surface area contributed by atoms with Gasteiger partial charge in [0.15, 0.2) is 0 Å². The van der Waals surface area contributed by atoms with Crippen molar-refractivity contribution in [2.75, 3.05) is 57.9 Å². The highest BCUT2D eigenvalue weighted by atomic mass is 35.5. The molecule has 1 aliphatic heterocycles. The van der Waals surface area contributed by atoms with E-state index in [-0.39, 0.29) is 6.73 Å². The Morgan fingerprint density at radius 2 is 2.03 bits per heavy atom. The number of halogens is 1. The van der Waals surface area contributed by atoms with Crippen molar-refractivity contribution in [3.8, 4) is 11.1 Å². The quantitative estimate of drug-likeness (QED) is 0.502. The van der Waals surface area contributed by atoms with Crippen molar-refractivity contribution in [3.05, 3.63) is 47.6 Å². The summed E-state index contributed by atoms with van der Waals surface area (Å²) in [6, 6.07) is 11.8. The van der Waals surface area contributed by atoms with Crippen LogP contribution in [0, 0.1) is 0 Å². The van der Waals surface area contributed by atoms with Gasteiger partial charge in [-0.25, -0.2) is 15.3 Å². The van der Waals surface area contributed by atoms with Gasteiger partial charge >= 0.3 is 6.09 Å². The van der Waals surface area contributed by atoms with Gasteiger partial charge in [0.2, 0.25) is 0 Å². The Bertz CT molecular complexity index is 797. The van der Waals surface area contributed by atoms with Crippen LogP contribution in [0.2, 0.25) is 5.02 Å². The first-order valence-electron chi connectivity index (χ1n) is 9.52. The standard InChI is InChI=1S/C20H26ClN5O3/c1-22-29-15-26(20(27)28)12-9-24-7-10-25(11-8-24)19-6-5-17(14-23-19)16-3-2-4-18(21)13-16/h2-6,13-14,22H,7-12,15H2,1H3,(H,27,28). The molecule has 2 heterocycles. The highest BCUT2D eigenvalue weighted by Gasteiger charge is 2.20. The molecule has 2 aromatic rings. The zero-order valence-electron chi connectivity index (χ0n) is 16.4. The summed E-state index contributed by atoms with van der Waals surface area (Å²) in [4.78, 5) is 26.6. The van der Waals surface area contributed by atoms with Crippen LogP contribution in [-0.4, -0.2) is 79.0 Å². The topological polar surface area (TPSA) is 81.2 Å². The predicted octanol–water partition coefficient (Wildman–Crippen LogP) is 2.61. The number of hydroxylamine groups is 1. The average molecular weight is 420 g/mol. The second kappa shape index (κ2) is 10.4. The fourth-order valence-electron chi connectivity index (χ4n) is 3.23. The van der Waals surface area contributed by atoms with E-state index < -0.39 is 6.09 Å². The maximum Gasteiger partial charge on any atom is 0.409 e. The van der Waals surface area contributed by atoms with Crippen LogP contribution in [0.3, 0.4) is 0 Å². The second-order valence-electron chi connectivity index (χ2n) is 6.77. The first-order valence-corrected chi connectivity index (χ1v) is 9.90. The number of nitrogens with zero attached hydrogens (tertiary/aromatic N) is 4. The summed E-state index contributed by atoms with van der Waals surface area (Å²) < 4.78 is 0. The third kappa shape index (κ3) is 6.04. The minimum absolute atomic E-state index is 0.00862. The van der Waals surface area contributed by atoms with E-state index in [4.69, 9.17) is 16.4 Å². The van der Waals surface area contributed by atoms with E-state index in [1.54, 1.807) is 7.05 Å². The summed E-state index contributed by atoms with van der Waals surface area (Å²) in [5.74, 6) is 0.949. The molecule has 0 atom stereocenters. The van der Waals surface area contributed by atoms with Crippen molar-refractivity contribution in [1.82, 2.24) is 20.3 Å². The number of piperazine rings is 1. The number of benzene rings is 1. The van der Waals surface area contributed by atoms with E-state index in [0.717, 1.165) is 43.1 Å². The number of carboxylic acid groups (broad SMARTS) is 1. The number of carbonyl (C=O) groups is 1. The molecule has 0 aliphatic carbocycles. The van der Waals surface area contributed by atoms with Gasteiger partial charge < -0.3 is 10.0 Å². The Hall–Kier alpha value is -2.39. The lowest BCUT2D eigenvalue weighted by atomic mass is 10.1. The predicted molar refractivity (Wildman–Crippen MR) is 113 cm³/mol. The zero-order chi connectivity index (χ0) is 20.6. The van der Waals surface area contributed by atoms with E-state index in [9.17, 15) is 9.90 Å². The molecule has 0 spiro atoms. The summed E-state index contributed by atoms with van der Waals surface area (Å²) in [6.07, 6.45) is 0.891. The highest BCUT2D eigenvalue weighted by Crippen LogP contribution is 2.24. The Morgan fingerprint density at radius 1 is 1.24 bits per heavy atom. The maximum absolute atomic E-state index is 11.2. The van der Waals surface area contributed by atoms with E-state index in [2.05, 4.69) is 26.3 Å². The van der Waals surface area contributed by atoms with Crippen molar-refractivity contribution < 1.29 is 14.7 Å². The van der Waals surface area contributed by atoms with Gasteiger partial charge in [-0.05, 0) is 29.8 Å². The number of hydrogen-bond acceptors (Lipinski definition) is 6. The molecule has 1 aromatic carbocycles. The molecule has 0 bridgehead atoms. The van der Waals surface area contributed by atoms with Gasteiger partial charge in [-0.3, -0.25) is 14.6 Å². The fraction of sp³-hybridized carbons (Fsp3) is 0.400. The van der Waals surface area contributed by atoms with Crippen LogP contribution in [0.4, 0.5) is 10.6 Å². The molecule has 1 aromatic heterocycles. The van der Waals surface area contributed by atoms with Gasteiger partial charge in [-0.15, -0.1) is 0 Å². The van der Waals surface area contributed by atoms with Crippen molar-refractivity contribution >= 4 is 23.5 Å². The number of pyridine rings is 1. The van der Waals surface area contributed by atoms with E-state index in [0.29, 0.717) is 18.1 Å². The summed E-state index contributed by atoms with van der Waals surface area (Å²) in [5.41, 5.74) is 4.58. The molecule has 29 heavy (non-hydrogen) atoms. The van der Waals surface area contributed by atoms with Gasteiger partial charge in [0.25, 0.3) is 0 Å². The molecule has 0 radical (unpaired) electrons. The van der Waals surface area contributed by atoms with Gasteiger partial charge in [0.1, 0.15) is 12.5 Å². The highest BCUT2D eigenvalue weighted by molar-refractivity contribution is 6.30. The molecule has 0 saturated carbocycles. The number of aromatic nitrogens is 1. The summed E-state index contributed by atoms with van der Waals surface area (Å²) in [5, 5.41) is 9.93. The molecule has 2 N–H and O–H groups in total. The average Bonchev–Trinajstić information content (AvgIpc) is 2.74. The maximum atomic E-state index is 11.2. The van der Waals surface area contributed by atoms with Crippen molar-refractivity contribution in [3.63, 3.8) is 0 Å². The van der Waals surface area contributed by atoms with E-state index in [1.807, 2.05) is 36.5 Å². The Labute approximate surface area is 175 Å². The number of anilines is 1. The molecule has 1 aliphatic rings. The summed E-state index contributed by atoms with van der Waals surface area (Å²) in [6.45, 7) is 4.51. The normalized spacial score (nSPS) is 14.8. The monoisotopic (exact) mass is 419 g/mol. The second-order valence-corrected chi connectivity index (χ2v) is 7.20. The van der Waals surface area contributed by atoms with Crippen LogP contribution in [0.15, 0.2) is 42.6 Å².